The summed E-state index contributed by atoms with van der Waals surface area (Å²) in [6.45, 7) is 7.16. The van der Waals surface area contributed by atoms with Crippen LogP contribution in [0.5, 0.6) is 0 Å². The fraction of sp³-hybridized carbons (Fsp3) is 0.348. The molecule has 2 aromatic rings. The Balaban J connectivity index is 1.96. The fourth-order valence-electron chi connectivity index (χ4n) is 2.95. The minimum atomic E-state index is -0.624. The average Bonchev–Trinajstić information content (AvgIpc) is 2.70. The summed E-state index contributed by atoms with van der Waals surface area (Å²) in [5, 5.41) is 5.55. The van der Waals surface area contributed by atoms with E-state index in [-0.39, 0.29) is 35.9 Å². The highest BCUT2D eigenvalue weighted by molar-refractivity contribution is 5.94. The number of carbonyl (C=O) groups is 3. The Morgan fingerprint density at radius 1 is 1.03 bits per heavy atom. The summed E-state index contributed by atoms with van der Waals surface area (Å²) in [4.78, 5) is 35.7. The lowest BCUT2D eigenvalue weighted by molar-refractivity contribution is -0.125. The highest BCUT2D eigenvalue weighted by Gasteiger charge is 2.19. The molecule has 2 N–H and O–H groups in total. The zero-order chi connectivity index (χ0) is 21.4. The van der Waals surface area contributed by atoms with Crippen molar-refractivity contribution in [2.24, 2.45) is 5.92 Å². The molecule has 6 heteroatoms. The van der Waals surface area contributed by atoms with E-state index >= 15 is 0 Å². The molecule has 0 spiro atoms. The quantitative estimate of drug-likeness (QED) is 0.663. The summed E-state index contributed by atoms with van der Waals surface area (Å²) in [7, 11) is 0. The van der Waals surface area contributed by atoms with Gasteiger partial charge in [-0.2, -0.15) is 0 Å². The lowest BCUT2D eigenvalue weighted by Crippen LogP contribution is -2.35. The Hall–Kier alpha value is -3.15. The van der Waals surface area contributed by atoms with Crippen molar-refractivity contribution in [3.05, 3.63) is 65.2 Å². The number of nitrogens with one attached hydrogen (secondary N) is 2. The molecule has 0 aliphatic heterocycles. The summed E-state index contributed by atoms with van der Waals surface area (Å²) in [6.07, 6.45) is 0.956. The van der Waals surface area contributed by atoms with Crippen LogP contribution in [0, 0.1) is 5.92 Å². The van der Waals surface area contributed by atoms with Crippen molar-refractivity contribution in [3.63, 3.8) is 0 Å². The largest absolute Gasteiger partial charge is 0.452 e. The Morgan fingerprint density at radius 2 is 1.72 bits per heavy atom. The topological polar surface area (TPSA) is 84.5 Å². The number of ether oxygens (including phenoxy) is 1. The molecule has 0 saturated heterocycles. The first-order valence-corrected chi connectivity index (χ1v) is 9.73. The number of benzene rings is 2. The fourth-order valence-corrected chi connectivity index (χ4v) is 2.95. The molecule has 2 aromatic carbocycles. The zero-order valence-electron chi connectivity index (χ0n) is 17.3. The van der Waals surface area contributed by atoms with Crippen LogP contribution in [0.3, 0.4) is 0 Å². The number of carbonyl (C=O) groups excluding carboxylic acids is 3. The maximum Gasteiger partial charge on any atom is 0.338 e. The van der Waals surface area contributed by atoms with Crippen molar-refractivity contribution < 1.29 is 19.1 Å². The van der Waals surface area contributed by atoms with Gasteiger partial charge in [-0.15, -0.1) is 0 Å². The molecule has 0 aromatic heterocycles. The third-order valence-electron chi connectivity index (χ3n) is 4.48. The maximum absolute atomic E-state index is 12.4. The number of anilines is 1. The molecule has 2 amide bonds. The van der Waals surface area contributed by atoms with Gasteiger partial charge in [0.25, 0.3) is 5.91 Å². The predicted molar refractivity (Wildman–Crippen MR) is 113 cm³/mol. The lowest BCUT2D eigenvalue weighted by atomic mass is 9.95. The van der Waals surface area contributed by atoms with Crippen LogP contribution < -0.4 is 10.6 Å². The van der Waals surface area contributed by atoms with E-state index in [9.17, 15) is 14.4 Å². The van der Waals surface area contributed by atoms with Crippen LogP contribution in [-0.2, 0) is 20.7 Å². The first-order valence-electron chi connectivity index (χ1n) is 9.73. The first kappa shape index (κ1) is 22.1. The van der Waals surface area contributed by atoms with Gasteiger partial charge in [0, 0.05) is 12.6 Å². The summed E-state index contributed by atoms with van der Waals surface area (Å²) in [5.41, 5.74) is 3.00. The third kappa shape index (κ3) is 6.75. The average molecular weight is 396 g/mol. The third-order valence-corrected chi connectivity index (χ3v) is 4.48. The molecule has 0 aliphatic carbocycles. The van der Waals surface area contributed by atoms with Gasteiger partial charge < -0.3 is 15.4 Å². The van der Waals surface area contributed by atoms with Gasteiger partial charge in [-0.25, -0.2) is 4.79 Å². The minimum absolute atomic E-state index is 0.171. The second-order valence-electron chi connectivity index (χ2n) is 7.22. The van der Waals surface area contributed by atoms with Gasteiger partial charge in [0.05, 0.1) is 11.6 Å². The highest BCUT2D eigenvalue weighted by atomic mass is 16.5. The van der Waals surface area contributed by atoms with E-state index < -0.39 is 5.97 Å². The molecule has 0 bridgehead atoms. The Bertz CT molecular complexity index is 859. The van der Waals surface area contributed by atoms with Crippen molar-refractivity contribution in [1.82, 2.24) is 5.32 Å². The summed E-state index contributed by atoms with van der Waals surface area (Å²) in [5.74, 6) is -1.05. The van der Waals surface area contributed by atoms with Crippen molar-refractivity contribution in [1.29, 1.82) is 0 Å². The number of esters is 1. The minimum Gasteiger partial charge on any atom is -0.452 e. The smallest absolute Gasteiger partial charge is 0.338 e. The SMILES string of the molecule is CCc1ccc([C@@H](NC(=O)COC(=O)c2cccc(NC(C)=O)c2)C(C)C)cc1. The Labute approximate surface area is 171 Å². The van der Waals surface area contributed by atoms with Crippen molar-refractivity contribution in [2.45, 2.75) is 40.2 Å². The standard InChI is InChI=1S/C23H28N2O4/c1-5-17-9-11-18(12-10-17)22(15(2)3)25-21(27)14-29-23(28)19-7-6-8-20(13-19)24-16(4)26/h6-13,15,22H,5,14H2,1-4H3,(H,24,26)(H,25,27)/t22-/m0/s1. The van der Waals surface area contributed by atoms with Gasteiger partial charge in [0.1, 0.15) is 0 Å². The molecule has 2 rings (SSSR count). The Morgan fingerprint density at radius 3 is 2.31 bits per heavy atom. The Kier molecular flexibility index (Phi) is 7.95. The van der Waals surface area contributed by atoms with Gasteiger partial charge in [-0.1, -0.05) is 51.1 Å². The van der Waals surface area contributed by atoms with Crippen LogP contribution in [-0.4, -0.2) is 24.4 Å². The van der Waals surface area contributed by atoms with E-state index in [1.54, 1.807) is 18.2 Å². The highest BCUT2D eigenvalue weighted by Crippen LogP contribution is 2.22. The van der Waals surface area contributed by atoms with Crippen molar-refractivity contribution >= 4 is 23.5 Å². The molecule has 0 fully saturated rings. The first-order chi connectivity index (χ1) is 13.8. The van der Waals surface area contributed by atoms with Gasteiger partial charge in [-0.3, -0.25) is 9.59 Å². The lowest BCUT2D eigenvalue weighted by Gasteiger charge is -2.23. The molecule has 29 heavy (non-hydrogen) atoms. The van der Waals surface area contributed by atoms with Gasteiger partial charge in [0.15, 0.2) is 6.61 Å². The molecular formula is C23H28N2O4. The monoisotopic (exact) mass is 396 g/mol. The van der Waals surface area contributed by atoms with Gasteiger partial charge in [0.2, 0.25) is 5.91 Å². The van der Waals surface area contributed by atoms with E-state index in [0.29, 0.717) is 5.69 Å². The molecule has 0 heterocycles. The van der Waals surface area contributed by atoms with Crippen LogP contribution in [0.4, 0.5) is 5.69 Å². The number of aryl methyl sites for hydroxylation is 1. The van der Waals surface area contributed by atoms with Gasteiger partial charge >= 0.3 is 5.97 Å². The molecule has 154 valence electrons. The normalized spacial score (nSPS) is 11.6. The summed E-state index contributed by atoms with van der Waals surface area (Å²) < 4.78 is 5.14. The summed E-state index contributed by atoms with van der Waals surface area (Å²) in [6, 6.07) is 14.4. The molecule has 0 unspecified atom stereocenters. The molecule has 0 saturated carbocycles. The molecule has 0 aliphatic rings. The number of amides is 2. The van der Waals surface area contributed by atoms with Crippen molar-refractivity contribution in [3.8, 4) is 0 Å². The molecular weight excluding hydrogens is 368 g/mol. The maximum atomic E-state index is 12.4. The van der Waals surface area contributed by atoms with E-state index in [2.05, 4.69) is 29.7 Å². The van der Waals surface area contributed by atoms with Crippen molar-refractivity contribution in [2.75, 3.05) is 11.9 Å². The summed E-state index contributed by atoms with van der Waals surface area (Å²) >= 11 is 0. The number of hydrogen-bond acceptors (Lipinski definition) is 4. The second-order valence-corrected chi connectivity index (χ2v) is 7.22. The molecule has 1 atom stereocenters. The van der Waals surface area contributed by atoms with E-state index in [4.69, 9.17) is 4.74 Å². The number of rotatable bonds is 8. The van der Waals surface area contributed by atoms with Gasteiger partial charge in [-0.05, 0) is 41.7 Å². The van der Waals surface area contributed by atoms with Crippen LogP contribution in [0.1, 0.15) is 55.2 Å². The van der Waals surface area contributed by atoms with Crippen LogP contribution >= 0.6 is 0 Å². The van der Waals surface area contributed by atoms with E-state index in [1.165, 1.54) is 18.6 Å². The van der Waals surface area contributed by atoms with Crippen LogP contribution in [0.2, 0.25) is 0 Å². The van der Waals surface area contributed by atoms with E-state index in [0.717, 1.165) is 12.0 Å². The second kappa shape index (κ2) is 10.4. The molecule has 6 nitrogen and oxygen atoms in total. The van der Waals surface area contributed by atoms with E-state index in [1.807, 2.05) is 26.0 Å². The molecule has 0 radical (unpaired) electrons. The zero-order valence-corrected chi connectivity index (χ0v) is 17.3. The number of hydrogen-bond donors (Lipinski definition) is 2. The van der Waals surface area contributed by atoms with Crippen LogP contribution in [0.15, 0.2) is 48.5 Å². The predicted octanol–water partition coefficient (Wildman–Crippen LogP) is 3.88. The van der Waals surface area contributed by atoms with Crippen LogP contribution in [0.25, 0.3) is 0 Å².